The molecule has 0 heterocycles. The molecule has 1 aromatic rings. The van der Waals surface area contributed by atoms with Crippen molar-refractivity contribution in [2.24, 2.45) is 5.73 Å². The summed E-state index contributed by atoms with van der Waals surface area (Å²) in [7, 11) is 0. The van der Waals surface area contributed by atoms with Crippen LogP contribution in [0.2, 0.25) is 0 Å². The number of benzene rings is 1. The summed E-state index contributed by atoms with van der Waals surface area (Å²) in [6.07, 6.45) is -0.603. The first-order chi connectivity index (χ1) is 6.56. The minimum Gasteiger partial charge on any atom is -0.388 e. The second-order valence-corrected chi connectivity index (χ2v) is 3.19. The van der Waals surface area contributed by atoms with Crippen molar-refractivity contribution in [2.75, 3.05) is 6.54 Å². The number of hydrogen-bond donors (Lipinski definition) is 2. The fraction of sp³-hybridized carbons (Fsp3) is 0.400. The highest BCUT2D eigenvalue weighted by Crippen LogP contribution is 2.23. The van der Waals surface area contributed by atoms with Gasteiger partial charge in [-0.15, -0.1) is 0 Å². The van der Waals surface area contributed by atoms with Crippen LogP contribution in [0.1, 0.15) is 23.7 Å². The molecule has 1 rings (SSSR count). The quantitative estimate of drug-likeness (QED) is 0.781. The highest BCUT2D eigenvalue weighted by atomic mass is 19.1. The summed E-state index contributed by atoms with van der Waals surface area (Å²) >= 11 is 0. The van der Waals surface area contributed by atoms with Crippen LogP contribution >= 0.6 is 0 Å². The number of aliphatic hydroxyl groups excluding tert-OH is 1. The van der Waals surface area contributed by atoms with E-state index < -0.39 is 17.7 Å². The van der Waals surface area contributed by atoms with Crippen LogP contribution in [-0.4, -0.2) is 11.7 Å². The molecule has 1 atom stereocenters. The Balaban J connectivity index is 3.07. The fourth-order valence-corrected chi connectivity index (χ4v) is 1.33. The third kappa shape index (κ3) is 2.27. The second kappa shape index (κ2) is 4.48. The molecule has 0 saturated heterocycles. The maximum Gasteiger partial charge on any atom is 0.129 e. The van der Waals surface area contributed by atoms with Crippen LogP contribution in [0.5, 0.6) is 0 Å². The molecule has 0 bridgehead atoms. The Morgan fingerprint density at radius 1 is 1.43 bits per heavy atom. The van der Waals surface area contributed by atoms with E-state index in [0.717, 1.165) is 12.1 Å². The van der Waals surface area contributed by atoms with E-state index in [4.69, 9.17) is 5.73 Å². The van der Waals surface area contributed by atoms with E-state index in [1.807, 2.05) is 0 Å². The van der Waals surface area contributed by atoms with Gasteiger partial charge in [0.15, 0.2) is 0 Å². The van der Waals surface area contributed by atoms with Crippen LogP contribution in [0.4, 0.5) is 8.78 Å². The number of aliphatic hydroxyl groups is 1. The summed E-state index contributed by atoms with van der Waals surface area (Å²) in [5.41, 5.74) is 5.79. The Kier molecular flexibility index (Phi) is 3.55. The summed E-state index contributed by atoms with van der Waals surface area (Å²) in [4.78, 5) is 0. The molecule has 1 aromatic carbocycles. The van der Waals surface area contributed by atoms with Gasteiger partial charge in [-0.25, -0.2) is 8.78 Å². The number of nitrogens with two attached hydrogens (primary N) is 1. The number of halogens is 2. The molecule has 0 aromatic heterocycles. The van der Waals surface area contributed by atoms with E-state index in [0.29, 0.717) is 6.42 Å². The maximum atomic E-state index is 13.1. The van der Waals surface area contributed by atoms with Crippen LogP contribution in [0.25, 0.3) is 0 Å². The van der Waals surface area contributed by atoms with Crippen molar-refractivity contribution in [3.63, 3.8) is 0 Å². The highest BCUT2D eigenvalue weighted by Gasteiger charge is 2.14. The molecular weight excluding hydrogens is 188 g/mol. The number of hydrogen-bond acceptors (Lipinski definition) is 2. The van der Waals surface area contributed by atoms with Gasteiger partial charge in [0.2, 0.25) is 0 Å². The predicted molar refractivity (Wildman–Crippen MR) is 49.7 cm³/mol. The first-order valence-electron chi connectivity index (χ1n) is 4.40. The molecule has 78 valence electrons. The van der Waals surface area contributed by atoms with E-state index in [2.05, 4.69) is 0 Å². The largest absolute Gasteiger partial charge is 0.388 e. The van der Waals surface area contributed by atoms with Crippen molar-refractivity contribution in [3.8, 4) is 0 Å². The zero-order chi connectivity index (χ0) is 10.7. The van der Waals surface area contributed by atoms with Gasteiger partial charge in [-0.3, -0.25) is 0 Å². The third-order valence-electron chi connectivity index (χ3n) is 2.15. The molecule has 0 aliphatic carbocycles. The van der Waals surface area contributed by atoms with Crippen molar-refractivity contribution in [3.05, 3.63) is 34.9 Å². The summed E-state index contributed by atoms with van der Waals surface area (Å²) in [6, 6.07) is 1.94. The standard InChI is InChI=1S/C10H13F2NO/c1-6-8(10(14)2-3-13)4-7(11)5-9(6)12/h4-5,10,14H,2-3,13H2,1H3. The first kappa shape index (κ1) is 11.1. The van der Waals surface area contributed by atoms with Crippen LogP contribution < -0.4 is 5.73 Å². The topological polar surface area (TPSA) is 46.2 Å². The van der Waals surface area contributed by atoms with Gasteiger partial charge in [-0.2, -0.15) is 0 Å². The lowest BCUT2D eigenvalue weighted by atomic mass is 10.0. The molecule has 0 radical (unpaired) electrons. The van der Waals surface area contributed by atoms with E-state index in [1.54, 1.807) is 0 Å². The predicted octanol–water partition coefficient (Wildman–Crippen LogP) is 1.66. The van der Waals surface area contributed by atoms with Crippen LogP contribution in [-0.2, 0) is 0 Å². The van der Waals surface area contributed by atoms with Gasteiger partial charge >= 0.3 is 0 Å². The van der Waals surface area contributed by atoms with E-state index in [1.165, 1.54) is 6.92 Å². The monoisotopic (exact) mass is 201 g/mol. The average Bonchev–Trinajstić information content (AvgIpc) is 2.11. The summed E-state index contributed by atoms with van der Waals surface area (Å²) in [5.74, 6) is -1.32. The minimum atomic E-state index is -0.898. The first-order valence-corrected chi connectivity index (χ1v) is 4.40. The summed E-state index contributed by atoms with van der Waals surface area (Å²) in [5, 5.41) is 9.54. The molecule has 3 N–H and O–H groups in total. The molecular formula is C10H13F2NO. The minimum absolute atomic E-state index is 0.271. The van der Waals surface area contributed by atoms with Crippen molar-refractivity contribution >= 4 is 0 Å². The lowest BCUT2D eigenvalue weighted by Gasteiger charge is -2.13. The Labute approximate surface area is 81.4 Å². The Hall–Kier alpha value is -1.00. The average molecular weight is 201 g/mol. The zero-order valence-electron chi connectivity index (χ0n) is 7.93. The van der Waals surface area contributed by atoms with Crippen molar-refractivity contribution in [2.45, 2.75) is 19.4 Å². The van der Waals surface area contributed by atoms with Crippen LogP contribution in [0.3, 0.4) is 0 Å². The number of rotatable bonds is 3. The summed E-state index contributed by atoms with van der Waals surface area (Å²) in [6.45, 7) is 1.78. The molecule has 0 saturated carbocycles. The van der Waals surface area contributed by atoms with Gasteiger partial charge < -0.3 is 10.8 Å². The maximum absolute atomic E-state index is 13.1. The van der Waals surface area contributed by atoms with E-state index >= 15 is 0 Å². The summed E-state index contributed by atoms with van der Waals surface area (Å²) < 4.78 is 25.9. The normalized spacial score (nSPS) is 12.9. The van der Waals surface area contributed by atoms with Gasteiger partial charge in [0, 0.05) is 6.07 Å². The Morgan fingerprint density at radius 3 is 2.64 bits per heavy atom. The smallest absolute Gasteiger partial charge is 0.129 e. The van der Waals surface area contributed by atoms with Gasteiger partial charge in [0.25, 0.3) is 0 Å². The SMILES string of the molecule is Cc1c(F)cc(F)cc1C(O)CCN. The molecule has 4 heteroatoms. The van der Waals surface area contributed by atoms with Gasteiger partial charge in [0.1, 0.15) is 11.6 Å². The fourth-order valence-electron chi connectivity index (χ4n) is 1.33. The zero-order valence-corrected chi connectivity index (χ0v) is 7.93. The molecule has 0 spiro atoms. The lowest BCUT2D eigenvalue weighted by Crippen LogP contribution is -2.09. The van der Waals surface area contributed by atoms with Crippen LogP contribution in [0.15, 0.2) is 12.1 Å². The highest BCUT2D eigenvalue weighted by molar-refractivity contribution is 5.30. The van der Waals surface area contributed by atoms with Crippen LogP contribution in [0, 0.1) is 18.6 Å². The second-order valence-electron chi connectivity index (χ2n) is 3.19. The molecule has 1 unspecified atom stereocenters. The van der Waals surface area contributed by atoms with Gasteiger partial charge in [-0.1, -0.05) is 0 Å². The Morgan fingerprint density at radius 2 is 2.07 bits per heavy atom. The van der Waals surface area contributed by atoms with Crippen molar-refractivity contribution < 1.29 is 13.9 Å². The van der Waals surface area contributed by atoms with Crippen molar-refractivity contribution in [1.82, 2.24) is 0 Å². The lowest BCUT2D eigenvalue weighted by molar-refractivity contribution is 0.168. The molecule has 0 amide bonds. The van der Waals surface area contributed by atoms with E-state index in [-0.39, 0.29) is 17.7 Å². The molecule has 2 nitrogen and oxygen atoms in total. The van der Waals surface area contributed by atoms with Gasteiger partial charge in [-0.05, 0) is 37.1 Å². The molecule has 14 heavy (non-hydrogen) atoms. The Bertz CT molecular complexity index is 328. The van der Waals surface area contributed by atoms with Crippen molar-refractivity contribution in [1.29, 1.82) is 0 Å². The van der Waals surface area contributed by atoms with E-state index in [9.17, 15) is 13.9 Å². The third-order valence-corrected chi connectivity index (χ3v) is 2.15. The molecule has 0 fully saturated rings. The molecule has 0 aliphatic rings. The molecule has 0 aliphatic heterocycles. The van der Waals surface area contributed by atoms with Gasteiger partial charge in [0.05, 0.1) is 6.10 Å².